The molecule has 0 unspecified atom stereocenters. The second-order valence-corrected chi connectivity index (χ2v) is 7.31. The molecule has 0 saturated carbocycles. The van der Waals surface area contributed by atoms with Gasteiger partial charge < -0.3 is 4.98 Å². The van der Waals surface area contributed by atoms with Gasteiger partial charge in [0.05, 0.1) is 22.3 Å². The third kappa shape index (κ3) is 2.78. The Morgan fingerprint density at radius 1 is 1.03 bits per heavy atom. The summed E-state index contributed by atoms with van der Waals surface area (Å²) in [6.45, 7) is 1.85. The maximum absolute atomic E-state index is 13.4. The van der Waals surface area contributed by atoms with E-state index in [1.165, 1.54) is 0 Å². The Balaban J connectivity index is 1.63. The van der Waals surface area contributed by atoms with Crippen molar-refractivity contribution in [2.45, 2.75) is 13.3 Å². The van der Waals surface area contributed by atoms with Crippen LogP contribution in [-0.4, -0.2) is 14.4 Å². The average molecular weight is 390 g/mol. The third-order valence-electron chi connectivity index (χ3n) is 5.55. The van der Waals surface area contributed by atoms with Crippen LogP contribution in [0.15, 0.2) is 77.7 Å². The van der Waals surface area contributed by atoms with Crippen LogP contribution in [0.5, 0.6) is 0 Å². The van der Waals surface area contributed by atoms with Gasteiger partial charge in [0.25, 0.3) is 5.56 Å². The molecule has 5 rings (SSSR count). The molecule has 0 aliphatic carbocycles. The molecule has 1 N–H and O–H groups in total. The van der Waals surface area contributed by atoms with Crippen LogP contribution in [-0.2, 0) is 6.42 Å². The van der Waals surface area contributed by atoms with E-state index in [-0.39, 0.29) is 5.56 Å². The van der Waals surface area contributed by atoms with Crippen molar-refractivity contribution in [2.24, 2.45) is 0 Å². The second-order valence-electron chi connectivity index (χ2n) is 7.31. The predicted molar refractivity (Wildman–Crippen MR) is 117 cm³/mol. The Labute approximate surface area is 172 Å². The van der Waals surface area contributed by atoms with Gasteiger partial charge in [-0.2, -0.15) is 5.26 Å². The number of nitriles is 1. The van der Waals surface area contributed by atoms with Gasteiger partial charge in [-0.25, -0.2) is 0 Å². The second kappa shape index (κ2) is 7.02. The number of benzene rings is 2. The number of H-pyrrole nitrogens is 1. The molecule has 0 aliphatic rings. The number of fused-ring (bicyclic) bond motifs is 3. The monoisotopic (exact) mass is 390 g/mol. The van der Waals surface area contributed by atoms with Crippen LogP contribution in [0.4, 0.5) is 0 Å². The number of nitrogens with one attached hydrogen (secondary N) is 1. The van der Waals surface area contributed by atoms with E-state index in [9.17, 15) is 10.1 Å². The summed E-state index contributed by atoms with van der Waals surface area (Å²) in [5, 5.41) is 9.79. The van der Waals surface area contributed by atoms with Crippen molar-refractivity contribution in [1.29, 1.82) is 5.26 Å². The summed E-state index contributed by atoms with van der Waals surface area (Å²) in [6.07, 6.45) is 2.23. The highest BCUT2D eigenvalue weighted by molar-refractivity contribution is 5.83. The number of para-hydroxylation sites is 2. The van der Waals surface area contributed by atoms with Crippen LogP contribution in [0.25, 0.3) is 27.9 Å². The SMILES string of the molecule is Cc1c(Cc2ccc(-c3ccccn3)cc2)c(=O)n2c([nH]c3ccccc32)c1C#N. The highest BCUT2D eigenvalue weighted by Gasteiger charge is 2.18. The summed E-state index contributed by atoms with van der Waals surface area (Å²) in [4.78, 5) is 21.0. The van der Waals surface area contributed by atoms with Gasteiger partial charge in [-0.3, -0.25) is 14.2 Å². The van der Waals surface area contributed by atoms with E-state index < -0.39 is 0 Å². The van der Waals surface area contributed by atoms with Crippen LogP contribution < -0.4 is 5.56 Å². The molecule has 5 heteroatoms. The van der Waals surface area contributed by atoms with Crippen LogP contribution in [0.1, 0.15) is 22.3 Å². The first-order chi connectivity index (χ1) is 14.7. The van der Waals surface area contributed by atoms with Crippen molar-refractivity contribution in [3.05, 3.63) is 106 Å². The third-order valence-corrected chi connectivity index (χ3v) is 5.55. The molecule has 2 aromatic carbocycles. The van der Waals surface area contributed by atoms with Crippen molar-refractivity contribution < 1.29 is 0 Å². The summed E-state index contributed by atoms with van der Waals surface area (Å²) in [5.41, 5.74) is 6.89. The van der Waals surface area contributed by atoms with Gasteiger partial charge in [-0.1, -0.05) is 42.5 Å². The fourth-order valence-corrected chi connectivity index (χ4v) is 3.96. The molecular weight excluding hydrogens is 372 g/mol. The average Bonchev–Trinajstić information content (AvgIpc) is 3.17. The standard InChI is InChI=1S/C25H18N4O/c1-16-19(14-17-9-11-18(12-10-17)21-6-4-5-13-27-21)25(30)29-23-8-3-2-7-22(23)28-24(29)20(16)15-26/h2-13,28H,14H2,1H3. The van der Waals surface area contributed by atoms with Gasteiger partial charge in [0.1, 0.15) is 11.7 Å². The quantitative estimate of drug-likeness (QED) is 0.489. The normalized spacial score (nSPS) is 11.1. The highest BCUT2D eigenvalue weighted by Crippen LogP contribution is 2.23. The van der Waals surface area contributed by atoms with Gasteiger partial charge in [0.2, 0.25) is 0 Å². The Morgan fingerprint density at radius 3 is 2.53 bits per heavy atom. The molecule has 3 heterocycles. The van der Waals surface area contributed by atoms with Crippen molar-refractivity contribution in [1.82, 2.24) is 14.4 Å². The molecular formula is C25H18N4O. The number of aromatic nitrogens is 3. The molecule has 5 aromatic rings. The van der Waals surface area contributed by atoms with E-state index in [4.69, 9.17) is 0 Å². The summed E-state index contributed by atoms with van der Waals surface area (Å²) >= 11 is 0. The summed E-state index contributed by atoms with van der Waals surface area (Å²) in [5.74, 6) is 0. The molecule has 0 amide bonds. The van der Waals surface area contributed by atoms with Crippen LogP contribution >= 0.6 is 0 Å². The Kier molecular flexibility index (Phi) is 4.19. The fourth-order valence-electron chi connectivity index (χ4n) is 3.96. The molecule has 144 valence electrons. The molecule has 0 aliphatic heterocycles. The summed E-state index contributed by atoms with van der Waals surface area (Å²) < 4.78 is 1.62. The first-order valence-electron chi connectivity index (χ1n) is 9.72. The Bertz CT molecular complexity index is 1490. The van der Waals surface area contributed by atoms with E-state index in [1.54, 1.807) is 10.6 Å². The Morgan fingerprint density at radius 2 is 1.80 bits per heavy atom. The molecule has 0 atom stereocenters. The number of imidazole rings is 1. The van der Waals surface area contributed by atoms with Gasteiger partial charge in [0, 0.05) is 23.7 Å². The van der Waals surface area contributed by atoms with E-state index in [2.05, 4.69) is 16.0 Å². The molecule has 0 bridgehead atoms. The number of nitrogens with zero attached hydrogens (tertiary/aromatic N) is 3. The van der Waals surface area contributed by atoms with E-state index in [1.807, 2.05) is 73.7 Å². The number of rotatable bonds is 3. The minimum Gasteiger partial charge on any atom is -0.338 e. The van der Waals surface area contributed by atoms with E-state index in [0.717, 1.165) is 33.4 Å². The van der Waals surface area contributed by atoms with E-state index >= 15 is 0 Å². The lowest BCUT2D eigenvalue weighted by Gasteiger charge is -2.10. The molecule has 3 aromatic heterocycles. The molecule has 5 nitrogen and oxygen atoms in total. The van der Waals surface area contributed by atoms with Gasteiger partial charge in [0.15, 0.2) is 0 Å². The lowest BCUT2D eigenvalue weighted by atomic mass is 9.98. The molecule has 0 spiro atoms. The largest absolute Gasteiger partial charge is 0.338 e. The predicted octanol–water partition coefficient (Wildman–Crippen LogP) is 4.61. The zero-order valence-electron chi connectivity index (χ0n) is 16.4. The fraction of sp³-hybridized carbons (Fsp3) is 0.0800. The van der Waals surface area contributed by atoms with Gasteiger partial charge in [-0.05, 0) is 42.3 Å². The zero-order valence-corrected chi connectivity index (χ0v) is 16.4. The summed E-state index contributed by atoms with van der Waals surface area (Å²) in [6, 6.07) is 23.8. The maximum atomic E-state index is 13.4. The topological polar surface area (TPSA) is 74.0 Å². The van der Waals surface area contributed by atoms with Crippen LogP contribution in [0, 0.1) is 18.3 Å². The first kappa shape index (κ1) is 17.9. The van der Waals surface area contributed by atoms with Crippen molar-refractivity contribution in [3.8, 4) is 17.3 Å². The lowest BCUT2D eigenvalue weighted by Crippen LogP contribution is -2.21. The van der Waals surface area contributed by atoms with Gasteiger partial charge in [-0.15, -0.1) is 0 Å². The van der Waals surface area contributed by atoms with Gasteiger partial charge >= 0.3 is 0 Å². The van der Waals surface area contributed by atoms with Crippen LogP contribution in [0.2, 0.25) is 0 Å². The molecule has 0 radical (unpaired) electrons. The molecule has 0 saturated heterocycles. The van der Waals surface area contributed by atoms with Crippen molar-refractivity contribution in [3.63, 3.8) is 0 Å². The number of aromatic amines is 1. The van der Waals surface area contributed by atoms with Crippen molar-refractivity contribution >= 4 is 16.7 Å². The van der Waals surface area contributed by atoms with E-state index in [0.29, 0.717) is 23.2 Å². The summed E-state index contributed by atoms with van der Waals surface area (Å²) in [7, 11) is 0. The zero-order chi connectivity index (χ0) is 20.7. The number of pyridine rings is 2. The smallest absolute Gasteiger partial charge is 0.260 e. The highest BCUT2D eigenvalue weighted by atomic mass is 16.1. The minimum atomic E-state index is -0.0900. The number of hydrogen-bond donors (Lipinski definition) is 1. The minimum absolute atomic E-state index is 0.0900. The number of hydrogen-bond acceptors (Lipinski definition) is 3. The molecule has 0 fully saturated rings. The maximum Gasteiger partial charge on any atom is 0.260 e. The first-order valence-corrected chi connectivity index (χ1v) is 9.72. The molecule has 30 heavy (non-hydrogen) atoms. The van der Waals surface area contributed by atoms with Crippen molar-refractivity contribution in [2.75, 3.05) is 0 Å². The Hall–Kier alpha value is -4.17. The van der Waals surface area contributed by atoms with Crippen LogP contribution in [0.3, 0.4) is 0 Å². The lowest BCUT2D eigenvalue weighted by molar-refractivity contribution is 1.03.